The Balaban J connectivity index is 2.25. The summed E-state index contributed by atoms with van der Waals surface area (Å²) in [6.45, 7) is 8.72. The molecule has 3 rings (SSSR count). The second kappa shape index (κ2) is 10.8. The number of aliphatic carboxylic acids is 1. The number of carbonyl (C=O) groups is 3. The fourth-order valence-electron chi connectivity index (χ4n) is 4.93. The molecule has 0 bridgehead atoms. The Morgan fingerprint density at radius 3 is 2.44 bits per heavy atom. The lowest BCUT2D eigenvalue weighted by Gasteiger charge is -2.50. The van der Waals surface area contributed by atoms with Crippen LogP contribution in [0.15, 0.2) is 42.6 Å². The summed E-state index contributed by atoms with van der Waals surface area (Å²) < 4.78 is 5.69. The first-order valence-corrected chi connectivity index (χ1v) is 12.7. The first-order valence-electron chi connectivity index (χ1n) is 11.9. The number of carbonyl (C=O) groups excluding carboxylic acids is 2. The average Bonchev–Trinajstić information content (AvgIpc) is 2.76. The Morgan fingerprint density at radius 1 is 1.22 bits per heavy atom. The molecule has 1 aromatic heterocycles. The summed E-state index contributed by atoms with van der Waals surface area (Å²) in [7, 11) is 0. The zero-order valence-corrected chi connectivity index (χ0v) is 22.6. The van der Waals surface area contributed by atoms with Crippen molar-refractivity contribution in [1.82, 2.24) is 9.88 Å². The predicted octanol–water partition coefficient (Wildman–Crippen LogP) is 6.05. The van der Waals surface area contributed by atoms with Crippen molar-refractivity contribution in [3.05, 3.63) is 63.9 Å². The number of benzene rings is 1. The number of aromatic nitrogens is 1. The first-order chi connectivity index (χ1) is 16.8. The van der Waals surface area contributed by atoms with E-state index in [0.29, 0.717) is 15.7 Å². The van der Waals surface area contributed by atoms with Crippen LogP contribution in [0.5, 0.6) is 0 Å². The molecule has 1 aromatic carbocycles. The third kappa shape index (κ3) is 6.19. The average molecular weight is 535 g/mol. The van der Waals surface area contributed by atoms with Crippen molar-refractivity contribution in [3.8, 4) is 0 Å². The molecule has 0 radical (unpaired) electrons. The van der Waals surface area contributed by atoms with Crippen molar-refractivity contribution in [2.45, 2.75) is 77.5 Å². The van der Waals surface area contributed by atoms with E-state index in [2.05, 4.69) is 4.98 Å². The van der Waals surface area contributed by atoms with E-state index in [4.69, 9.17) is 27.9 Å². The molecule has 4 atom stereocenters. The molecule has 0 spiro atoms. The minimum atomic E-state index is -1.27. The molecule has 9 heteroatoms. The van der Waals surface area contributed by atoms with E-state index < -0.39 is 46.9 Å². The van der Waals surface area contributed by atoms with Crippen molar-refractivity contribution in [1.29, 1.82) is 0 Å². The maximum Gasteiger partial charge on any atom is 0.329 e. The van der Waals surface area contributed by atoms with E-state index in [1.807, 2.05) is 12.1 Å². The molecule has 7 nitrogen and oxygen atoms in total. The number of hydrogen-bond donors (Lipinski definition) is 1. The van der Waals surface area contributed by atoms with Gasteiger partial charge in [-0.15, -0.1) is 0 Å². The van der Waals surface area contributed by atoms with Gasteiger partial charge in [-0.1, -0.05) is 49.2 Å². The third-order valence-electron chi connectivity index (χ3n) is 6.37. The largest absolute Gasteiger partial charge is 0.481 e. The first kappa shape index (κ1) is 27.9. The zero-order valence-electron chi connectivity index (χ0n) is 21.1. The van der Waals surface area contributed by atoms with Crippen LogP contribution in [-0.2, 0) is 19.1 Å². The number of carboxylic acids is 1. The molecule has 1 aliphatic rings. The lowest BCUT2D eigenvalue weighted by atomic mass is 9.67. The molecule has 1 fully saturated rings. The molecule has 2 aromatic rings. The van der Waals surface area contributed by atoms with Crippen LogP contribution in [0.1, 0.15) is 77.1 Å². The summed E-state index contributed by atoms with van der Waals surface area (Å²) in [6.07, 6.45) is 1.61. The third-order valence-corrected chi connectivity index (χ3v) is 6.83. The summed E-state index contributed by atoms with van der Waals surface area (Å²) in [4.78, 5) is 45.4. The number of hydrogen-bond acceptors (Lipinski definition) is 5. The molecule has 1 aliphatic heterocycles. The number of ether oxygens (including phenoxy) is 1. The van der Waals surface area contributed by atoms with Gasteiger partial charge >= 0.3 is 11.9 Å². The van der Waals surface area contributed by atoms with Gasteiger partial charge in [-0.25, -0.2) is 4.79 Å². The van der Waals surface area contributed by atoms with Gasteiger partial charge in [-0.05, 0) is 63.4 Å². The Kier molecular flexibility index (Phi) is 8.36. The van der Waals surface area contributed by atoms with Crippen molar-refractivity contribution < 1.29 is 24.2 Å². The van der Waals surface area contributed by atoms with Gasteiger partial charge in [0.25, 0.3) is 0 Å². The minimum Gasteiger partial charge on any atom is -0.481 e. The lowest BCUT2D eigenvalue weighted by molar-refractivity contribution is -0.175. The molecule has 36 heavy (non-hydrogen) atoms. The van der Waals surface area contributed by atoms with Gasteiger partial charge in [0.05, 0.1) is 28.6 Å². The molecular formula is C27H32Cl2N2O5. The second-order valence-corrected chi connectivity index (χ2v) is 11.4. The molecule has 194 valence electrons. The van der Waals surface area contributed by atoms with Crippen LogP contribution in [0, 0.1) is 5.41 Å². The van der Waals surface area contributed by atoms with E-state index in [1.165, 1.54) is 11.1 Å². The molecule has 1 unspecified atom stereocenters. The fraction of sp³-hybridized carbons (Fsp3) is 0.481. The van der Waals surface area contributed by atoms with Gasteiger partial charge in [-0.2, -0.15) is 0 Å². The molecule has 2 heterocycles. The molecular weight excluding hydrogens is 503 g/mol. The van der Waals surface area contributed by atoms with E-state index in [9.17, 15) is 19.5 Å². The molecule has 0 aliphatic carbocycles. The van der Waals surface area contributed by atoms with Gasteiger partial charge in [0.2, 0.25) is 5.91 Å². The quantitative estimate of drug-likeness (QED) is 0.434. The van der Waals surface area contributed by atoms with E-state index >= 15 is 0 Å². The number of nitrogens with zero attached hydrogens (tertiary/aromatic N) is 2. The van der Waals surface area contributed by atoms with Crippen molar-refractivity contribution in [3.63, 3.8) is 0 Å². The number of carboxylic acid groups (broad SMARTS) is 1. The van der Waals surface area contributed by atoms with Crippen LogP contribution in [0.25, 0.3) is 0 Å². The van der Waals surface area contributed by atoms with Gasteiger partial charge in [-0.3, -0.25) is 14.6 Å². The Hall–Kier alpha value is -2.64. The number of esters is 1. The van der Waals surface area contributed by atoms with Crippen LogP contribution in [0.2, 0.25) is 10.0 Å². The second-order valence-electron chi connectivity index (χ2n) is 10.5. The summed E-state index contributed by atoms with van der Waals surface area (Å²) in [5.41, 5.74) is -0.680. The van der Waals surface area contributed by atoms with Crippen LogP contribution < -0.4 is 0 Å². The van der Waals surface area contributed by atoms with Crippen LogP contribution in [0.4, 0.5) is 0 Å². The monoisotopic (exact) mass is 534 g/mol. The van der Waals surface area contributed by atoms with Gasteiger partial charge < -0.3 is 14.7 Å². The van der Waals surface area contributed by atoms with Crippen molar-refractivity contribution in [2.75, 3.05) is 0 Å². The summed E-state index contributed by atoms with van der Waals surface area (Å²) in [5, 5.41) is 10.6. The zero-order chi connectivity index (χ0) is 26.8. The standard InChI is InChI=1S/C27H32Cl2N2O5/c1-6-21(24(34)36-26(2,3)4)31-23(20-11-10-18(29)15-30-20)19(16-8-7-9-17(28)12-16)13-27(5,25(31)35)14-22(32)33/h7-12,15,19,21,23H,6,13-14H2,1-5H3,(H,32,33)/t19-,21?,23+,27-/m1/s1. The predicted molar refractivity (Wildman–Crippen MR) is 138 cm³/mol. The maximum absolute atomic E-state index is 14.1. The number of rotatable bonds is 7. The Morgan fingerprint density at radius 2 is 1.92 bits per heavy atom. The summed E-state index contributed by atoms with van der Waals surface area (Å²) >= 11 is 12.4. The smallest absolute Gasteiger partial charge is 0.329 e. The van der Waals surface area contributed by atoms with E-state index in [1.54, 1.807) is 58.9 Å². The number of amides is 1. The minimum absolute atomic E-state index is 0.231. The van der Waals surface area contributed by atoms with E-state index in [-0.39, 0.29) is 19.3 Å². The van der Waals surface area contributed by atoms with E-state index in [0.717, 1.165) is 5.56 Å². The fourth-order valence-corrected chi connectivity index (χ4v) is 5.24. The summed E-state index contributed by atoms with van der Waals surface area (Å²) in [5.74, 6) is -2.47. The topological polar surface area (TPSA) is 96.8 Å². The highest BCUT2D eigenvalue weighted by atomic mass is 35.5. The molecule has 0 saturated carbocycles. The summed E-state index contributed by atoms with van der Waals surface area (Å²) in [6, 6.07) is 9.04. The number of likely N-dealkylation sites (tertiary alicyclic amines) is 1. The molecule has 1 amide bonds. The normalized spacial score (nSPS) is 23.3. The lowest BCUT2D eigenvalue weighted by Crippen LogP contribution is -2.58. The van der Waals surface area contributed by atoms with Crippen molar-refractivity contribution >= 4 is 41.0 Å². The van der Waals surface area contributed by atoms with Crippen LogP contribution >= 0.6 is 23.2 Å². The molecule has 1 saturated heterocycles. The van der Waals surface area contributed by atoms with Gasteiger partial charge in [0.15, 0.2) is 0 Å². The Labute approximate surface area is 221 Å². The number of piperidine rings is 1. The maximum atomic E-state index is 14.1. The SMILES string of the molecule is CCC(C(=O)OC(C)(C)C)N1C(=O)[C@@](C)(CC(=O)O)C[C@H](c2cccc(Cl)c2)[C@H]1c1ccc(Cl)cn1. The van der Waals surface area contributed by atoms with Gasteiger partial charge in [0, 0.05) is 17.1 Å². The van der Waals surface area contributed by atoms with Crippen LogP contribution in [-0.4, -0.2) is 44.5 Å². The van der Waals surface area contributed by atoms with Crippen molar-refractivity contribution in [2.24, 2.45) is 5.41 Å². The van der Waals surface area contributed by atoms with Crippen LogP contribution in [0.3, 0.4) is 0 Å². The molecule has 1 N–H and O–H groups in total. The highest BCUT2D eigenvalue weighted by Crippen LogP contribution is 2.52. The van der Waals surface area contributed by atoms with Gasteiger partial charge in [0.1, 0.15) is 11.6 Å². The number of pyridine rings is 1. The Bertz CT molecular complexity index is 1130. The number of halogens is 2. The highest BCUT2D eigenvalue weighted by Gasteiger charge is 2.54. The highest BCUT2D eigenvalue weighted by molar-refractivity contribution is 6.30.